The molecular weight excluding hydrogens is 286 g/mol. The van der Waals surface area contributed by atoms with Gasteiger partial charge in [0.1, 0.15) is 0 Å². The van der Waals surface area contributed by atoms with E-state index in [9.17, 15) is 5.11 Å². The van der Waals surface area contributed by atoms with E-state index in [0.29, 0.717) is 13.1 Å². The number of rotatable bonds is 5. The molecule has 2 aromatic carbocycles. The second kappa shape index (κ2) is 7.70. The number of nitrogens with zero attached hydrogens (tertiary/aromatic N) is 1. The van der Waals surface area contributed by atoms with Crippen molar-refractivity contribution in [2.45, 2.75) is 18.7 Å². The minimum absolute atomic E-state index is 0.272. The first-order valence-corrected chi connectivity index (χ1v) is 8.24. The fraction of sp³-hybridized carbons (Fsp3) is 0.368. The lowest BCUT2D eigenvalue weighted by molar-refractivity contribution is 0.0733. The van der Waals surface area contributed by atoms with Crippen LogP contribution in [0.15, 0.2) is 54.6 Å². The highest BCUT2D eigenvalue weighted by molar-refractivity contribution is 5.27. The maximum atomic E-state index is 10.6. The Balaban J connectivity index is 1.76. The SMILES string of the molecule is NCc1cccc(C2CNCCN2CC(O)c2ccccc2)c1. The summed E-state index contributed by atoms with van der Waals surface area (Å²) in [7, 11) is 0. The van der Waals surface area contributed by atoms with E-state index in [4.69, 9.17) is 5.73 Å². The van der Waals surface area contributed by atoms with Crippen LogP contribution < -0.4 is 11.1 Å². The van der Waals surface area contributed by atoms with E-state index in [2.05, 4.69) is 34.5 Å². The van der Waals surface area contributed by atoms with Crippen LogP contribution in [0, 0.1) is 0 Å². The molecule has 1 fully saturated rings. The number of β-amino-alcohol motifs (C(OH)–C–C–N with tert-alkyl or cyclic N) is 1. The molecule has 2 atom stereocenters. The number of hydrogen-bond acceptors (Lipinski definition) is 4. The predicted molar refractivity (Wildman–Crippen MR) is 92.9 cm³/mol. The van der Waals surface area contributed by atoms with Crippen molar-refractivity contribution in [1.82, 2.24) is 10.2 Å². The number of nitrogens with two attached hydrogens (primary N) is 1. The molecule has 23 heavy (non-hydrogen) atoms. The molecule has 0 saturated carbocycles. The molecule has 2 aromatic rings. The summed E-state index contributed by atoms with van der Waals surface area (Å²) in [6.45, 7) is 3.98. The number of aliphatic hydroxyl groups is 1. The second-order valence-corrected chi connectivity index (χ2v) is 6.09. The smallest absolute Gasteiger partial charge is 0.0917 e. The van der Waals surface area contributed by atoms with Gasteiger partial charge in [-0.1, -0.05) is 54.6 Å². The van der Waals surface area contributed by atoms with Gasteiger partial charge in [-0.05, 0) is 16.7 Å². The van der Waals surface area contributed by atoms with Gasteiger partial charge in [0, 0.05) is 38.8 Å². The Labute approximate surface area is 137 Å². The first-order valence-electron chi connectivity index (χ1n) is 8.24. The number of nitrogens with one attached hydrogen (secondary N) is 1. The van der Waals surface area contributed by atoms with Crippen LogP contribution in [-0.2, 0) is 6.54 Å². The predicted octanol–water partition coefficient (Wildman–Crippen LogP) is 1.83. The Hall–Kier alpha value is -1.72. The van der Waals surface area contributed by atoms with Gasteiger partial charge in [0.25, 0.3) is 0 Å². The first kappa shape index (κ1) is 16.1. The van der Waals surface area contributed by atoms with Gasteiger partial charge in [-0.15, -0.1) is 0 Å². The van der Waals surface area contributed by atoms with E-state index < -0.39 is 6.10 Å². The number of benzene rings is 2. The summed E-state index contributed by atoms with van der Waals surface area (Å²) in [6.07, 6.45) is -0.463. The molecule has 1 aliphatic heterocycles. The monoisotopic (exact) mass is 311 g/mol. The highest BCUT2D eigenvalue weighted by atomic mass is 16.3. The van der Waals surface area contributed by atoms with E-state index >= 15 is 0 Å². The second-order valence-electron chi connectivity index (χ2n) is 6.09. The van der Waals surface area contributed by atoms with E-state index in [1.54, 1.807) is 0 Å². The zero-order chi connectivity index (χ0) is 16.1. The van der Waals surface area contributed by atoms with Crippen molar-refractivity contribution < 1.29 is 5.11 Å². The van der Waals surface area contributed by atoms with E-state index in [1.165, 1.54) is 5.56 Å². The van der Waals surface area contributed by atoms with Gasteiger partial charge in [0.05, 0.1) is 6.10 Å². The maximum absolute atomic E-state index is 10.6. The highest BCUT2D eigenvalue weighted by Crippen LogP contribution is 2.25. The summed E-state index contributed by atoms with van der Waals surface area (Å²) in [5, 5.41) is 14.0. The molecular formula is C19H25N3O. The molecule has 4 heteroatoms. The summed E-state index contributed by atoms with van der Waals surface area (Å²) in [5.41, 5.74) is 9.16. The van der Waals surface area contributed by atoms with E-state index in [0.717, 1.165) is 30.8 Å². The average molecular weight is 311 g/mol. The zero-order valence-corrected chi connectivity index (χ0v) is 13.4. The summed E-state index contributed by atoms with van der Waals surface area (Å²) < 4.78 is 0. The molecule has 0 amide bonds. The Morgan fingerprint density at radius 2 is 2.00 bits per heavy atom. The van der Waals surface area contributed by atoms with Gasteiger partial charge in [-0.3, -0.25) is 4.90 Å². The lowest BCUT2D eigenvalue weighted by Crippen LogP contribution is -2.47. The standard InChI is InChI=1S/C19H25N3O/c20-12-15-5-4-8-17(11-15)18-13-21-9-10-22(18)14-19(23)16-6-2-1-3-7-16/h1-8,11,18-19,21,23H,9-10,12-14,20H2. The van der Waals surface area contributed by atoms with Crippen LogP contribution in [0.2, 0.25) is 0 Å². The maximum Gasteiger partial charge on any atom is 0.0917 e. The van der Waals surface area contributed by atoms with Gasteiger partial charge in [-0.25, -0.2) is 0 Å². The van der Waals surface area contributed by atoms with Crippen LogP contribution in [0.5, 0.6) is 0 Å². The van der Waals surface area contributed by atoms with Gasteiger partial charge >= 0.3 is 0 Å². The molecule has 0 aromatic heterocycles. The van der Waals surface area contributed by atoms with Crippen molar-refractivity contribution in [2.24, 2.45) is 5.73 Å². The molecule has 0 bridgehead atoms. The zero-order valence-electron chi connectivity index (χ0n) is 13.4. The van der Waals surface area contributed by atoms with Gasteiger partial charge in [-0.2, -0.15) is 0 Å². The molecule has 0 radical (unpaired) electrons. The van der Waals surface area contributed by atoms with Gasteiger partial charge < -0.3 is 16.2 Å². The highest BCUT2D eigenvalue weighted by Gasteiger charge is 2.26. The van der Waals surface area contributed by atoms with E-state index in [-0.39, 0.29) is 6.04 Å². The minimum atomic E-state index is -0.463. The van der Waals surface area contributed by atoms with Crippen LogP contribution in [-0.4, -0.2) is 36.2 Å². The number of aliphatic hydroxyl groups excluding tert-OH is 1. The van der Waals surface area contributed by atoms with Crippen molar-refractivity contribution in [3.8, 4) is 0 Å². The number of hydrogen-bond donors (Lipinski definition) is 3. The van der Waals surface area contributed by atoms with Crippen LogP contribution in [0.25, 0.3) is 0 Å². The summed E-state index contributed by atoms with van der Waals surface area (Å²) in [6, 6.07) is 18.6. The lowest BCUT2D eigenvalue weighted by Gasteiger charge is -2.37. The molecule has 4 nitrogen and oxygen atoms in total. The topological polar surface area (TPSA) is 61.5 Å². The Morgan fingerprint density at radius 3 is 2.78 bits per heavy atom. The van der Waals surface area contributed by atoms with Crippen LogP contribution in [0.4, 0.5) is 0 Å². The molecule has 122 valence electrons. The third-order valence-electron chi connectivity index (χ3n) is 4.52. The van der Waals surface area contributed by atoms with Crippen LogP contribution in [0.1, 0.15) is 28.8 Å². The summed E-state index contributed by atoms with van der Waals surface area (Å²) in [5.74, 6) is 0. The third-order valence-corrected chi connectivity index (χ3v) is 4.52. The lowest BCUT2D eigenvalue weighted by atomic mass is 9.99. The third kappa shape index (κ3) is 3.98. The molecule has 0 spiro atoms. The fourth-order valence-electron chi connectivity index (χ4n) is 3.22. The molecule has 3 rings (SSSR count). The van der Waals surface area contributed by atoms with E-state index in [1.807, 2.05) is 30.3 Å². The van der Waals surface area contributed by atoms with Crippen molar-refractivity contribution in [3.05, 3.63) is 71.3 Å². The van der Waals surface area contributed by atoms with Crippen molar-refractivity contribution in [3.63, 3.8) is 0 Å². The largest absolute Gasteiger partial charge is 0.387 e. The molecule has 0 aliphatic carbocycles. The Bertz CT molecular complexity index is 617. The normalized spacial score (nSPS) is 20.3. The molecule has 1 aliphatic rings. The van der Waals surface area contributed by atoms with Crippen molar-refractivity contribution in [1.29, 1.82) is 0 Å². The number of piperazine rings is 1. The molecule has 4 N–H and O–H groups in total. The van der Waals surface area contributed by atoms with Gasteiger partial charge in [0.2, 0.25) is 0 Å². The van der Waals surface area contributed by atoms with Crippen LogP contribution in [0.3, 0.4) is 0 Å². The first-order chi connectivity index (χ1) is 11.3. The summed E-state index contributed by atoms with van der Waals surface area (Å²) >= 11 is 0. The van der Waals surface area contributed by atoms with Crippen molar-refractivity contribution in [2.75, 3.05) is 26.2 Å². The quantitative estimate of drug-likeness (QED) is 0.788. The van der Waals surface area contributed by atoms with Gasteiger partial charge in [0.15, 0.2) is 0 Å². The average Bonchev–Trinajstić information content (AvgIpc) is 2.63. The van der Waals surface area contributed by atoms with Crippen molar-refractivity contribution >= 4 is 0 Å². The Kier molecular flexibility index (Phi) is 5.41. The molecule has 2 unspecified atom stereocenters. The molecule has 1 saturated heterocycles. The summed E-state index contributed by atoms with van der Waals surface area (Å²) in [4.78, 5) is 2.36. The Morgan fingerprint density at radius 1 is 1.17 bits per heavy atom. The van der Waals surface area contributed by atoms with Crippen LogP contribution >= 0.6 is 0 Å². The molecule has 1 heterocycles. The minimum Gasteiger partial charge on any atom is -0.387 e. The fourth-order valence-corrected chi connectivity index (χ4v) is 3.22.